The lowest BCUT2D eigenvalue weighted by molar-refractivity contribution is 0.0904. The number of hydrogen-bond acceptors (Lipinski definition) is 1. The van der Waals surface area contributed by atoms with Gasteiger partial charge in [-0.15, -0.1) is 0 Å². The fraction of sp³-hybridized carbons (Fsp3) is 1.00. The molecule has 0 amide bonds. The summed E-state index contributed by atoms with van der Waals surface area (Å²) in [5.41, 5.74) is 0. The molecule has 1 nitrogen and oxygen atoms in total. The van der Waals surface area contributed by atoms with Crippen molar-refractivity contribution in [1.82, 2.24) is 5.32 Å². The van der Waals surface area contributed by atoms with Gasteiger partial charge in [0, 0.05) is 6.04 Å². The maximum Gasteiger partial charge on any atom is 0.00986 e. The highest BCUT2D eigenvalue weighted by molar-refractivity contribution is 5.03. The number of hydrogen-bond donors (Lipinski definition) is 1. The van der Waals surface area contributed by atoms with E-state index in [1.807, 2.05) is 0 Å². The maximum absolute atomic E-state index is 3.72. The maximum atomic E-state index is 3.72. The van der Waals surface area contributed by atoms with Crippen molar-refractivity contribution in [2.75, 3.05) is 6.54 Å². The van der Waals surface area contributed by atoms with Crippen LogP contribution in [0.3, 0.4) is 0 Å². The van der Waals surface area contributed by atoms with Crippen LogP contribution in [0.15, 0.2) is 0 Å². The van der Waals surface area contributed by atoms with Crippen LogP contribution in [0, 0.1) is 29.6 Å². The van der Waals surface area contributed by atoms with Crippen LogP contribution in [0.1, 0.15) is 38.5 Å². The largest absolute Gasteiger partial charge is 0.314 e. The molecular weight excluding hydrogens is 170 g/mol. The van der Waals surface area contributed by atoms with Gasteiger partial charge in [0.1, 0.15) is 0 Å². The summed E-state index contributed by atoms with van der Waals surface area (Å²) in [6.07, 6.45) is 9.34. The summed E-state index contributed by atoms with van der Waals surface area (Å²) in [7, 11) is 0. The monoisotopic (exact) mass is 191 g/mol. The van der Waals surface area contributed by atoms with Crippen LogP contribution in [-0.4, -0.2) is 12.6 Å². The van der Waals surface area contributed by atoms with Gasteiger partial charge in [-0.3, -0.25) is 0 Å². The van der Waals surface area contributed by atoms with E-state index in [0.717, 1.165) is 23.8 Å². The lowest BCUT2D eigenvalue weighted by Crippen LogP contribution is -2.41. The van der Waals surface area contributed by atoms with E-state index in [1.54, 1.807) is 25.7 Å². The van der Waals surface area contributed by atoms with Crippen LogP contribution in [0.25, 0.3) is 0 Å². The van der Waals surface area contributed by atoms with E-state index < -0.39 is 0 Å². The molecule has 14 heavy (non-hydrogen) atoms. The Hall–Kier alpha value is -0.0400. The Kier molecular flexibility index (Phi) is 1.60. The molecule has 0 aromatic carbocycles. The molecule has 0 aromatic heterocycles. The highest BCUT2D eigenvalue weighted by Crippen LogP contribution is 2.58. The molecule has 4 rings (SSSR count). The molecule has 78 valence electrons. The first kappa shape index (κ1) is 8.15. The third kappa shape index (κ3) is 1.05. The molecule has 1 aliphatic heterocycles. The zero-order valence-corrected chi connectivity index (χ0v) is 8.91. The molecule has 0 radical (unpaired) electrons. The van der Waals surface area contributed by atoms with Crippen LogP contribution in [0.4, 0.5) is 0 Å². The SMILES string of the molecule is C1CC2C(CCC3CC4CC4CC32)N1. The summed E-state index contributed by atoms with van der Waals surface area (Å²) in [5, 5.41) is 3.72. The third-order valence-corrected chi connectivity index (χ3v) is 5.65. The average molecular weight is 191 g/mol. The van der Waals surface area contributed by atoms with Gasteiger partial charge in [0.25, 0.3) is 0 Å². The van der Waals surface area contributed by atoms with Gasteiger partial charge < -0.3 is 5.32 Å². The molecular formula is C13H21N. The lowest BCUT2D eigenvalue weighted by Gasteiger charge is -2.42. The summed E-state index contributed by atoms with van der Waals surface area (Å²) in [6.45, 7) is 1.31. The Morgan fingerprint density at radius 3 is 2.57 bits per heavy atom. The average Bonchev–Trinajstić information content (AvgIpc) is 2.78. The Morgan fingerprint density at radius 1 is 0.714 bits per heavy atom. The highest BCUT2D eigenvalue weighted by Gasteiger charge is 2.51. The van der Waals surface area contributed by atoms with Gasteiger partial charge in [0.05, 0.1) is 0 Å². The Bertz CT molecular complexity index is 250. The van der Waals surface area contributed by atoms with E-state index in [9.17, 15) is 0 Å². The molecule has 4 aliphatic rings. The van der Waals surface area contributed by atoms with Crippen molar-refractivity contribution in [2.45, 2.75) is 44.6 Å². The topological polar surface area (TPSA) is 12.0 Å². The van der Waals surface area contributed by atoms with Gasteiger partial charge in [-0.25, -0.2) is 0 Å². The van der Waals surface area contributed by atoms with Gasteiger partial charge in [-0.2, -0.15) is 0 Å². The normalized spacial score (nSPS) is 60.0. The number of fused-ring (bicyclic) bond motifs is 4. The predicted molar refractivity (Wildman–Crippen MR) is 56.9 cm³/mol. The first-order valence-corrected chi connectivity index (χ1v) is 6.65. The van der Waals surface area contributed by atoms with E-state index >= 15 is 0 Å². The van der Waals surface area contributed by atoms with Gasteiger partial charge >= 0.3 is 0 Å². The van der Waals surface area contributed by atoms with Crippen LogP contribution in [0.5, 0.6) is 0 Å². The lowest BCUT2D eigenvalue weighted by atomic mass is 9.64. The van der Waals surface area contributed by atoms with E-state index in [2.05, 4.69) is 5.32 Å². The molecule has 1 N–H and O–H groups in total. The van der Waals surface area contributed by atoms with E-state index in [1.165, 1.54) is 31.2 Å². The van der Waals surface area contributed by atoms with Crippen molar-refractivity contribution in [1.29, 1.82) is 0 Å². The number of nitrogens with one attached hydrogen (secondary N) is 1. The summed E-state index contributed by atoms with van der Waals surface area (Å²) < 4.78 is 0. The van der Waals surface area contributed by atoms with Crippen LogP contribution in [0.2, 0.25) is 0 Å². The minimum atomic E-state index is 0.923. The molecule has 3 aliphatic carbocycles. The predicted octanol–water partition coefficient (Wildman–Crippen LogP) is 2.42. The second kappa shape index (κ2) is 2.75. The Morgan fingerprint density at radius 2 is 1.57 bits per heavy atom. The van der Waals surface area contributed by atoms with Crippen LogP contribution >= 0.6 is 0 Å². The third-order valence-electron chi connectivity index (χ3n) is 5.65. The zero-order chi connectivity index (χ0) is 9.12. The first-order valence-electron chi connectivity index (χ1n) is 6.65. The second-order valence-corrected chi connectivity index (χ2v) is 6.24. The molecule has 1 saturated heterocycles. The zero-order valence-electron chi connectivity index (χ0n) is 8.91. The molecule has 6 atom stereocenters. The Balaban J connectivity index is 1.59. The van der Waals surface area contributed by atoms with E-state index in [0.29, 0.717) is 0 Å². The van der Waals surface area contributed by atoms with Crippen LogP contribution in [-0.2, 0) is 0 Å². The fourth-order valence-corrected chi connectivity index (χ4v) is 4.86. The summed E-state index contributed by atoms with van der Waals surface area (Å²) in [4.78, 5) is 0. The van der Waals surface area contributed by atoms with Crippen molar-refractivity contribution < 1.29 is 0 Å². The minimum Gasteiger partial charge on any atom is -0.314 e. The fourth-order valence-electron chi connectivity index (χ4n) is 4.86. The van der Waals surface area contributed by atoms with Gasteiger partial charge in [0.15, 0.2) is 0 Å². The number of rotatable bonds is 0. The quantitative estimate of drug-likeness (QED) is 0.620. The molecule has 0 bridgehead atoms. The molecule has 0 aromatic rings. The highest BCUT2D eigenvalue weighted by atomic mass is 15.0. The van der Waals surface area contributed by atoms with Crippen molar-refractivity contribution in [3.8, 4) is 0 Å². The summed E-state index contributed by atoms with van der Waals surface area (Å²) in [5.74, 6) is 5.71. The molecule has 1 heteroatoms. The van der Waals surface area contributed by atoms with Crippen molar-refractivity contribution >= 4 is 0 Å². The van der Waals surface area contributed by atoms with Crippen molar-refractivity contribution in [3.05, 3.63) is 0 Å². The molecule has 1 heterocycles. The van der Waals surface area contributed by atoms with Gasteiger partial charge in [0.2, 0.25) is 0 Å². The summed E-state index contributed by atoms with van der Waals surface area (Å²) >= 11 is 0. The smallest absolute Gasteiger partial charge is 0.00986 e. The minimum absolute atomic E-state index is 0.923. The van der Waals surface area contributed by atoms with E-state index in [-0.39, 0.29) is 0 Å². The standard InChI is InChI=1S/C13H21N/c1-2-13-11(3-4-14-13)12-7-10-6-9(10)5-8(1)12/h8-14H,1-7H2. The van der Waals surface area contributed by atoms with Gasteiger partial charge in [-0.05, 0) is 74.7 Å². The molecule has 4 fully saturated rings. The molecule has 0 spiro atoms. The van der Waals surface area contributed by atoms with Crippen molar-refractivity contribution in [2.24, 2.45) is 29.6 Å². The van der Waals surface area contributed by atoms with Gasteiger partial charge in [-0.1, -0.05) is 0 Å². The van der Waals surface area contributed by atoms with Crippen molar-refractivity contribution in [3.63, 3.8) is 0 Å². The van der Waals surface area contributed by atoms with E-state index in [4.69, 9.17) is 0 Å². The Labute approximate surface area is 86.6 Å². The summed E-state index contributed by atoms with van der Waals surface area (Å²) in [6, 6.07) is 0.923. The molecule has 3 saturated carbocycles. The second-order valence-electron chi connectivity index (χ2n) is 6.24. The first-order chi connectivity index (χ1) is 6.92. The molecule has 6 unspecified atom stereocenters. The van der Waals surface area contributed by atoms with Crippen LogP contribution < -0.4 is 5.32 Å².